The molecule has 2 heterocycles. The van der Waals surface area contributed by atoms with E-state index in [-0.39, 0.29) is 0 Å². The molecule has 0 radical (unpaired) electrons. The number of piperazine rings is 1. The van der Waals surface area contributed by atoms with E-state index in [0.717, 1.165) is 37.6 Å². The molecule has 0 bridgehead atoms. The first kappa shape index (κ1) is 16.7. The third-order valence-electron chi connectivity index (χ3n) is 4.00. The van der Waals surface area contributed by atoms with Gasteiger partial charge in [0.2, 0.25) is 0 Å². The number of likely N-dealkylation sites (N-methyl/N-ethyl adjacent to an activating group) is 1. The summed E-state index contributed by atoms with van der Waals surface area (Å²) in [5, 5.41) is 9.32. The molecular formula is C17H20N4O2S. The molecule has 0 saturated carbocycles. The van der Waals surface area contributed by atoms with E-state index in [2.05, 4.69) is 26.8 Å². The van der Waals surface area contributed by atoms with Crippen molar-refractivity contribution in [2.45, 2.75) is 10.4 Å². The highest BCUT2D eigenvalue weighted by Gasteiger charge is 2.23. The highest BCUT2D eigenvalue weighted by atomic mass is 32.2. The molecule has 24 heavy (non-hydrogen) atoms. The molecule has 1 saturated heterocycles. The summed E-state index contributed by atoms with van der Waals surface area (Å²) in [5.41, 5.74) is 0.739. The predicted octanol–water partition coefficient (Wildman–Crippen LogP) is 2.15. The molecule has 2 aromatic rings. The number of hydrogen-bond acceptors (Lipinski definition) is 6. The Morgan fingerprint density at radius 1 is 1.17 bits per heavy atom. The van der Waals surface area contributed by atoms with E-state index >= 15 is 0 Å². The van der Waals surface area contributed by atoms with Crippen molar-refractivity contribution >= 4 is 23.5 Å². The molecule has 1 atom stereocenters. The van der Waals surface area contributed by atoms with Crippen molar-refractivity contribution in [2.24, 2.45) is 0 Å². The molecule has 126 valence electrons. The summed E-state index contributed by atoms with van der Waals surface area (Å²) in [6, 6.07) is 11.1. The van der Waals surface area contributed by atoms with Crippen LogP contribution in [0.25, 0.3) is 0 Å². The highest BCUT2D eigenvalue weighted by molar-refractivity contribution is 8.00. The van der Waals surface area contributed by atoms with E-state index in [1.165, 1.54) is 11.8 Å². The lowest BCUT2D eigenvalue weighted by atomic mass is 10.1. The Kier molecular flexibility index (Phi) is 5.32. The van der Waals surface area contributed by atoms with Crippen LogP contribution in [0, 0.1) is 0 Å². The van der Waals surface area contributed by atoms with Crippen LogP contribution in [-0.4, -0.2) is 59.2 Å². The van der Waals surface area contributed by atoms with Crippen LogP contribution in [0.15, 0.2) is 47.8 Å². The van der Waals surface area contributed by atoms with Crippen LogP contribution in [0.2, 0.25) is 0 Å². The Bertz CT molecular complexity index is 690. The topological polar surface area (TPSA) is 69.6 Å². The van der Waals surface area contributed by atoms with Crippen LogP contribution in [-0.2, 0) is 4.79 Å². The molecule has 1 N–H and O–H groups in total. The first-order chi connectivity index (χ1) is 11.6. The average molecular weight is 344 g/mol. The maximum absolute atomic E-state index is 11.6. The lowest BCUT2D eigenvalue weighted by Gasteiger charge is -2.33. The van der Waals surface area contributed by atoms with Crippen LogP contribution in [0.5, 0.6) is 0 Å². The van der Waals surface area contributed by atoms with Crippen molar-refractivity contribution in [3.05, 3.63) is 48.2 Å². The van der Waals surface area contributed by atoms with Crippen molar-refractivity contribution in [3.63, 3.8) is 0 Å². The summed E-state index contributed by atoms with van der Waals surface area (Å²) >= 11 is 1.17. The summed E-state index contributed by atoms with van der Waals surface area (Å²) in [4.78, 5) is 24.9. The van der Waals surface area contributed by atoms with Crippen molar-refractivity contribution < 1.29 is 9.90 Å². The van der Waals surface area contributed by atoms with Crippen LogP contribution >= 0.6 is 11.8 Å². The van der Waals surface area contributed by atoms with Gasteiger partial charge in [-0.2, -0.15) is 0 Å². The minimum absolute atomic E-state index is 0.489. The van der Waals surface area contributed by atoms with Gasteiger partial charge in [0, 0.05) is 32.4 Å². The molecule has 0 amide bonds. The molecular weight excluding hydrogens is 324 g/mol. The van der Waals surface area contributed by atoms with E-state index in [4.69, 9.17) is 0 Å². The molecule has 0 spiro atoms. The molecule has 1 fully saturated rings. The van der Waals surface area contributed by atoms with E-state index < -0.39 is 11.2 Å². The number of anilines is 1. The predicted molar refractivity (Wildman–Crippen MR) is 94.4 cm³/mol. The minimum atomic E-state index is -0.889. The summed E-state index contributed by atoms with van der Waals surface area (Å²) in [5.74, 6) is -0.0300. The summed E-state index contributed by atoms with van der Waals surface area (Å²) in [6.07, 6.45) is 1.70. The van der Waals surface area contributed by atoms with Crippen LogP contribution < -0.4 is 4.90 Å². The number of hydrogen-bond donors (Lipinski definition) is 1. The Morgan fingerprint density at radius 3 is 2.54 bits per heavy atom. The summed E-state index contributed by atoms with van der Waals surface area (Å²) in [7, 11) is 2.11. The third kappa shape index (κ3) is 4.04. The summed E-state index contributed by atoms with van der Waals surface area (Å²) < 4.78 is 0. The van der Waals surface area contributed by atoms with Gasteiger partial charge in [0.1, 0.15) is 11.1 Å². The van der Waals surface area contributed by atoms with Gasteiger partial charge in [0.15, 0.2) is 5.16 Å². The van der Waals surface area contributed by atoms with Crippen molar-refractivity contribution in [2.75, 3.05) is 38.1 Å². The van der Waals surface area contributed by atoms with Gasteiger partial charge in [-0.15, -0.1) is 0 Å². The maximum Gasteiger partial charge on any atom is 0.321 e. The van der Waals surface area contributed by atoms with Crippen LogP contribution in [0.1, 0.15) is 10.8 Å². The van der Waals surface area contributed by atoms with Crippen LogP contribution in [0.4, 0.5) is 5.82 Å². The molecule has 1 aliphatic heterocycles. The number of aromatic nitrogens is 2. The van der Waals surface area contributed by atoms with Crippen LogP contribution in [0.3, 0.4) is 0 Å². The number of aliphatic carboxylic acids is 1. The Hall–Kier alpha value is -2.12. The first-order valence-electron chi connectivity index (χ1n) is 7.84. The number of nitrogens with zero attached hydrogens (tertiary/aromatic N) is 4. The molecule has 1 aliphatic rings. The molecule has 6 nitrogen and oxygen atoms in total. The number of benzene rings is 1. The van der Waals surface area contributed by atoms with E-state index in [1.807, 2.05) is 36.4 Å². The van der Waals surface area contributed by atoms with Gasteiger partial charge < -0.3 is 14.9 Å². The van der Waals surface area contributed by atoms with Gasteiger partial charge in [0.05, 0.1) is 0 Å². The standard InChI is InChI=1S/C17H20N4O2S/c1-20-9-11-21(12-10-20)14-7-8-18-17(19-14)24-15(16(22)23)13-5-3-2-4-6-13/h2-8,15H,9-12H2,1H3,(H,22,23)/t15-/m0/s1. The second kappa shape index (κ2) is 7.63. The number of rotatable bonds is 5. The van der Waals surface area contributed by atoms with Gasteiger partial charge in [-0.3, -0.25) is 4.79 Å². The molecule has 0 unspecified atom stereocenters. The zero-order chi connectivity index (χ0) is 16.9. The zero-order valence-corrected chi connectivity index (χ0v) is 14.3. The Balaban J connectivity index is 1.77. The van der Waals surface area contributed by atoms with Crippen molar-refractivity contribution in [3.8, 4) is 0 Å². The molecule has 1 aromatic heterocycles. The lowest BCUT2D eigenvalue weighted by molar-refractivity contribution is -0.136. The minimum Gasteiger partial charge on any atom is -0.480 e. The average Bonchev–Trinajstić information content (AvgIpc) is 2.61. The maximum atomic E-state index is 11.6. The molecule has 3 rings (SSSR count). The number of carboxylic acids is 1. The normalized spacial score (nSPS) is 16.8. The van der Waals surface area contributed by atoms with Gasteiger partial charge in [-0.05, 0) is 18.7 Å². The second-order valence-electron chi connectivity index (χ2n) is 5.73. The van der Waals surface area contributed by atoms with Crippen molar-refractivity contribution in [1.82, 2.24) is 14.9 Å². The molecule has 0 aliphatic carbocycles. The third-order valence-corrected chi connectivity index (χ3v) is 5.11. The quantitative estimate of drug-likeness (QED) is 0.658. The van der Waals surface area contributed by atoms with Gasteiger partial charge in [-0.1, -0.05) is 42.1 Å². The van der Waals surface area contributed by atoms with Gasteiger partial charge >= 0.3 is 5.97 Å². The highest BCUT2D eigenvalue weighted by Crippen LogP contribution is 2.34. The smallest absolute Gasteiger partial charge is 0.321 e. The van der Waals surface area contributed by atoms with E-state index in [9.17, 15) is 9.90 Å². The largest absolute Gasteiger partial charge is 0.480 e. The fraction of sp³-hybridized carbons (Fsp3) is 0.353. The van der Waals surface area contributed by atoms with Gasteiger partial charge in [-0.25, -0.2) is 9.97 Å². The Morgan fingerprint density at radius 2 is 1.88 bits per heavy atom. The summed E-state index contributed by atoms with van der Waals surface area (Å²) in [6.45, 7) is 3.82. The monoisotopic (exact) mass is 344 g/mol. The fourth-order valence-electron chi connectivity index (χ4n) is 2.59. The lowest BCUT2D eigenvalue weighted by Crippen LogP contribution is -2.44. The SMILES string of the molecule is CN1CCN(c2ccnc(S[C@H](C(=O)O)c3ccccc3)n2)CC1. The number of thioether (sulfide) groups is 1. The number of carboxylic acid groups (broad SMARTS) is 1. The van der Waals surface area contributed by atoms with Gasteiger partial charge in [0.25, 0.3) is 0 Å². The number of carbonyl (C=O) groups is 1. The second-order valence-corrected chi connectivity index (χ2v) is 6.81. The van der Waals surface area contributed by atoms with E-state index in [1.54, 1.807) is 6.20 Å². The van der Waals surface area contributed by atoms with E-state index in [0.29, 0.717) is 5.16 Å². The Labute approximate surface area is 145 Å². The van der Waals surface area contributed by atoms with Crippen molar-refractivity contribution in [1.29, 1.82) is 0 Å². The zero-order valence-electron chi connectivity index (χ0n) is 13.5. The molecule has 1 aromatic carbocycles. The molecule has 7 heteroatoms. The fourth-order valence-corrected chi connectivity index (χ4v) is 3.47. The first-order valence-corrected chi connectivity index (χ1v) is 8.72.